The number of benzene rings is 1. The van der Waals surface area contributed by atoms with Crippen LogP contribution in [0.1, 0.15) is 12.0 Å². The second-order valence-corrected chi connectivity index (χ2v) is 2.69. The molecule has 0 amide bonds. The van der Waals surface area contributed by atoms with Crippen molar-refractivity contribution in [3.8, 4) is 17.6 Å². The van der Waals surface area contributed by atoms with Gasteiger partial charge in [-0.2, -0.15) is 0 Å². The summed E-state index contributed by atoms with van der Waals surface area (Å²) >= 11 is 0. The molecule has 1 aromatic carbocycles. The Kier molecular flexibility index (Phi) is 3.69. The first-order chi connectivity index (χ1) is 7.15. The first-order valence-corrected chi connectivity index (χ1v) is 4.18. The molecule has 0 heterocycles. The fraction of sp³-hybridized carbons (Fsp3) is 0.182. The molecule has 4 heteroatoms. The monoisotopic (exact) mass is 208 g/mol. The summed E-state index contributed by atoms with van der Waals surface area (Å²) in [5.74, 6) is 3.45. The van der Waals surface area contributed by atoms with Crippen LogP contribution in [-0.2, 0) is 4.79 Å². The van der Waals surface area contributed by atoms with Crippen LogP contribution < -0.4 is 4.74 Å². The van der Waals surface area contributed by atoms with E-state index in [0.29, 0.717) is 5.56 Å². The Balaban J connectivity index is 2.97. The van der Waals surface area contributed by atoms with Crippen molar-refractivity contribution in [3.63, 3.8) is 0 Å². The molecule has 0 unspecified atom stereocenters. The second kappa shape index (κ2) is 5.01. The average molecular weight is 208 g/mol. The van der Waals surface area contributed by atoms with Crippen molar-refractivity contribution in [1.82, 2.24) is 0 Å². The van der Waals surface area contributed by atoms with Crippen LogP contribution in [0.4, 0.5) is 4.39 Å². The second-order valence-electron chi connectivity index (χ2n) is 2.69. The van der Waals surface area contributed by atoms with Gasteiger partial charge in [0.05, 0.1) is 12.7 Å². The lowest BCUT2D eigenvalue weighted by Crippen LogP contribution is -1.93. The van der Waals surface area contributed by atoms with E-state index in [4.69, 9.17) is 9.84 Å². The zero-order valence-corrected chi connectivity index (χ0v) is 8.08. The first-order valence-electron chi connectivity index (χ1n) is 4.18. The highest BCUT2D eigenvalue weighted by Gasteiger charge is 2.05. The van der Waals surface area contributed by atoms with Crippen LogP contribution in [0.3, 0.4) is 0 Å². The van der Waals surface area contributed by atoms with Gasteiger partial charge >= 0.3 is 5.97 Å². The summed E-state index contributed by atoms with van der Waals surface area (Å²) in [6.45, 7) is 0. The summed E-state index contributed by atoms with van der Waals surface area (Å²) in [7, 11) is 1.33. The highest BCUT2D eigenvalue weighted by molar-refractivity contribution is 5.70. The van der Waals surface area contributed by atoms with E-state index in [2.05, 4.69) is 11.8 Å². The Morgan fingerprint density at radius 3 is 2.93 bits per heavy atom. The molecule has 0 aliphatic rings. The van der Waals surface area contributed by atoms with Gasteiger partial charge in [0.25, 0.3) is 0 Å². The molecule has 1 N–H and O–H groups in total. The van der Waals surface area contributed by atoms with Gasteiger partial charge in [-0.1, -0.05) is 17.9 Å². The first kappa shape index (κ1) is 11.1. The number of hydrogen-bond donors (Lipinski definition) is 1. The maximum Gasteiger partial charge on any atom is 0.315 e. The third kappa shape index (κ3) is 2.99. The molecular weight excluding hydrogens is 199 g/mol. The Bertz CT molecular complexity index is 429. The molecule has 0 radical (unpaired) electrons. The molecule has 0 fully saturated rings. The van der Waals surface area contributed by atoms with Crippen LogP contribution in [0, 0.1) is 17.7 Å². The summed E-state index contributed by atoms with van der Waals surface area (Å²) in [4.78, 5) is 10.2. The summed E-state index contributed by atoms with van der Waals surface area (Å²) in [6, 6.07) is 4.31. The average Bonchev–Trinajstić information content (AvgIpc) is 2.17. The van der Waals surface area contributed by atoms with E-state index in [1.807, 2.05) is 0 Å². The van der Waals surface area contributed by atoms with E-state index in [1.54, 1.807) is 6.07 Å². The summed E-state index contributed by atoms with van der Waals surface area (Å²) < 4.78 is 17.9. The largest absolute Gasteiger partial charge is 0.492 e. The Labute approximate surface area is 86.5 Å². The minimum Gasteiger partial charge on any atom is -0.492 e. The molecule has 78 valence electrons. The molecule has 0 aliphatic heterocycles. The molecule has 3 nitrogen and oxygen atoms in total. The number of carboxylic acids is 1. The van der Waals surface area contributed by atoms with E-state index < -0.39 is 11.8 Å². The zero-order valence-electron chi connectivity index (χ0n) is 8.08. The van der Waals surface area contributed by atoms with Crippen LogP contribution >= 0.6 is 0 Å². The minimum atomic E-state index is -1.02. The number of carboxylic acid groups (broad SMARTS) is 1. The lowest BCUT2D eigenvalue weighted by molar-refractivity contribution is -0.135. The predicted octanol–water partition coefficient (Wildman–Crippen LogP) is 1.66. The number of methoxy groups -OCH3 is 1. The number of ether oxygens (including phenoxy) is 1. The van der Waals surface area contributed by atoms with E-state index in [9.17, 15) is 9.18 Å². The van der Waals surface area contributed by atoms with E-state index in [1.165, 1.54) is 19.2 Å². The van der Waals surface area contributed by atoms with Gasteiger partial charge in [-0.05, 0) is 12.1 Å². The molecule has 0 aliphatic carbocycles. The molecule has 0 spiro atoms. The fourth-order valence-electron chi connectivity index (χ4n) is 1.03. The van der Waals surface area contributed by atoms with Crippen LogP contribution in [0.5, 0.6) is 5.75 Å². The Hall–Kier alpha value is -2.02. The van der Waals surface area contributed by atoms with Crippen molar-refractivity contribution in [1.29, 1.82) is 0 Å². The topological polar surface area (TPSA) is 46.5 Å². The molecule has 0 atom stereocenters. The standard InChI is InChI=1S/C11H9FO3/c1-15-11-8(4-2-6-9(11)12)5-3-7-10(13)14/h2,4,6H,7H2,1H3,(H,13,14). The molecule has 15 heavy (non-hydrogen) atoms. The van der Waals surface area contributed by atoms with Crippen molar-refractivity contribution in [2.75, 3.05) is 7.11 Å². The molecule has 0 saturated carbocycles. The SMILES string of the molecule is COc1c(F)cccc1C#CCC(=O)O. The maximum absolute atomic E-state index is 13.1. The van der Waals surface area contributed by atoms with E-state index in [0.717, 1.165) is 0 Å². The summed E-state index contributed by atoms with van der Waals surface area (Å²) in [6.07, 6.45) is -0.278. The number of aliphatic carboxylic acids is 1. The molecule has 1 aromatic rings. The van der Waals surface area contributed by atoms with Crippen LogP contribution in [0.15, 0.2) is 18.2 Å². The third-order valence-electron chi connectivity index (χ3n) is 1.63. The highest BCUT2D eigenvalue weighted by atomic mass is 19.1. The van der Waals surface area contributed by atoms with Crippen LogP contribution in [-0.4, -0.2) is 18.2 Å². The summed E-state index contributed by atoms with van der Waals surface area (Å²) in [5.41, 5.74) is 0.346. The minimum absolute atomic E-state index is 0.0374. The van der Waals surface area contributed by atoms with Crippen molar-refractivity contribution in [2.45, 2.75) is 6.42 Å². The number of rotatable bonds is 2. The molecule has 0 bridgehead atoms. The quantitative estimate of drug-likeness (QED) is 0.752. The lowest BCUT2D eigenvalue weighted by Gasteiger charge is -2.03. The summed E-state index contributed by atoms with van der Waals surface area (Å²) in [5, 5.41) is 8.36. The Morgan fingerprint density at radius 2 is 2.33 bits per heavy atom. The predicted molar refractivity (Wildman–Crippen MR) is 52.1 cm³/mol. The van der Waals surface area contributed by atoms with Gasteiger partial charge in [0.1, 0.15) is 6.42 Å². The van der Waals surface area contributed by atoms with E-state index >= 15 is 0 Å². The lowest BCUT2D eigenvalue weighted by atomic mass is 10.2. The molecule has 1 rings (SSSR count). The van der Waals surface area contributed by atoms with Crippen LogP contribution in [0.25, 0.3) is 0 Å². The van der Waals surface area contributed by atoms with Gasteiger partial charge in [-0.15, -0.1) is 0 Å². The number of halogens is 1. The smallest absolute Gasteiger partial charge is 0.315 e. The van der Waals surface area contributed by atoms with Gasteiger partial charge in [0.15, 0.2) is 11.6 Å². The van der Waals surface area contributed by atoms with Gasteiger partial charge in [0, 0.05) is 0 Å². The molecule has 0 saturated heterocycles. The highest BCUT2D eigenvalue weighted by Crippen LogP contribution is 2.20. The number of hydrogen-bond acceptors (Lipinski definition) is 2. The van der Waals surface area contributed by atoms with Gasteiger partial charge < -0.3 is 9.84 Å². The van der Waals surface area contributed by atoms with Crippen molar-refractivity contribution in [3.05, 3.63) is 29.6 Å². The maximum atomic E-state index is 13.1. The Morgan fingerprint density at radius 1 is 1.60 bits per heavy atom. The van der Waals surface area contributed by atoms with Crippen molar-refractivity contribution >= 4 is 5.97 Å². The van der Waals surface area contributed by atoms with Gasteiger partial charge in [0.2, 0.25) is 0 Å². The number of carbonyl (C=O) groups is 1. The number of para-hydroxylation sites is 1. The van der Waals surface area contributed by atoms with Crippen molar-refractivity contribution in [2.24, 2.45) is 0 Å². The zero-order chi connectivity index (χ0) is 11.3. The molecular formula is C11H9FO3. The molecule has 0 aromatic heterocycles. The van der Waals surface area contributed by atoms with Crippen molar-refractivity contribution < 1.29 is 19.0 Å². The fourth-order valence-corrected chi connectivity index (χ4v) is 1.03. The van der Waals surface area contributed by atoms with E-state index in [-0.39, 0.29) is 12.2 Å². The third-order valence-corrected chi connectivity index (χ3v) is 1.63. The van der Waals surface area contributed by atoms with Gasteiger partial charge in [-0.3, -0.25) is 4.79 Å². The van der Waals surface area contributed by atoms with Gasteiger partial charge in [-0.25, -0.2) is 4.39 Å². The van der Waals surface area contributed by atoms with Crippen LogP contribution in [0.2, 0.25) is 0 Å². The normalized spacial score (nSPS) is 8.93.